The number of aliphatic hydroxyl groups is 1. The molecule has 16 heavy (non-hydrogen) atoms. The first-order valence-corrected chi connectivity index (χ1v) is 6.39. The van der Waals surface area contributed by atoms with E-state index in [1.807, 2.05) is 0 Å². The van der Waals surface area contributed by atoms with Crippen LogP contribution in [0.2, 0.25) is 0 Å². The average Bonchev–Trinajstić information content (AvgIpc) is 2.49. The summed E-state index contributed by atoms with van der Waals surface area (Å²) in [6.07, 6.45) is 4.98. The zero-order valence-corrected chi connectivity index (χ0v) is 10.2. The van der Waals surface area contributed by atoms with Crippen molar-refractivity contribution in [3.8, 4) is 0 Å². The van der Waals surface area contributed by atoms with Crippen molar-refractivity contribution in [3.05, 3.63) is 0 Å². The summed E-state index contributed by atoms with van der Waals surface area (Å²) in [5.74, 6) is 0.609. The molecule has 1 rings (SSSR count). The molecular formula is C12H24N2O2. The Labute approximate surface area is 97.8 Å². The second-order valence-electron chi connectivity index (χ2n) is 4.53. The normalized spacial score (nSPS) is 23.6. The van der Waals surface area contributed by atoms with E-state index in [4.69, 9.17) is 5.11 Å². The maximum Gasteiger partial charge on any atom is 0.237 e. The molecule has 2 unspecified atom stereocenters. The topological polar surface area (TPSA) is 61.4 Å². The largest absolute Gasteiger partial charge is 0.396 e. The number of hydrogen-bond donors (Lipinski definition) is 3. The number of nitrogens with one attached hydrogen (secondary N) is 2. The molecule has 0 aromatic rings. The molecule has 1 heterocycles. The summed E-state index contributed by atoms with van der Waals surface area (Å²) >= 11 is 0. The summed E-state index contributed by atoms with van der Waals surface area (Å²) in [5.41, 5.74) is 0. The smallest absolute Gasteiger partial charge is 0.237 e. The van der Waals surface area contributed by atoms with Crippen molar-refractivity contribution in [1.29, 1.82) is 0 Å². The summed E-state index contributed by atoms with van der Waals surface area (Å²) in [4.78, 5) is 11.7. The van der Waals surface area contributed by atoms with Gasteiger partial charge in [-0.2, -0.15) is 0 Å². The first-order valence-electron chi connectivity index (χ1n) is 6.39. The van der Waals surface area contributed by atoms with Crippen LogP contribution in [-0.2, 0) is 4.79 Å². The van der Waals surface area contributed by atoms with Gasteiger partial charge >= 0.3 is 0 Å². The molecule has 4 nitrogen and oxygen atoms in total. The number of amides is 1. The summed E-state index contributed by atoms with van der Waals surface area (Å²) in [7, 11) is 0. The molecule has 1 aliphatic heterocycles. The monoisotopic (exact) mass is 228 g/mol. The minimum absolute atomic E-state index is 0.0322. The first kappa shape index (κ1) is 13.5. The molecule has 1 aliphatic rings. The van der Waals surface area contributed by atoms with E-state index >= 15 is 0 Å². The standard InChI is InChI=1S/C12H24N2O2/c1-2-10(6-8-15)9-14-11-5-3-4-7-13-12(11)16/h10-11,14-15H,2-9H2,1H3,(H,13,16). The van der Waals surface area contributed by atoms with Gasteiger partial charge in [-0.15, -0.1) is 0 Å². The van der Waals surface area contributed by atoms with Crippen LogP contribution in [0.5, 0.6) is 0 Å². The third kappa shape index (κ3) is 4.49. The van der Waals surface area contributed by atoms with E-state index in [-0.39, 0.29) is 18.6 Å². The van der Waals surface area contributed by atoms with Gasteiger partial charge in [-0.3, -0.25) is 4.79 Å². The SMILES string of the molecule is CCC(CCO)CNC1CCCCNC1=O. The maximum atomic E-state index is 11.7. The van der Waals surface area contributed by atoms with Crippen LogP contribution in [0.15, 0.2) is 0 Å². The van der Waals surface area contributed by atoms with Crippen molar-refractivity contribution in [3.63, 3.8) is 0 Å². The number of carbonyl (C=O) groups excluding carboxylic acids is 1. The number of carbonyl (C=O) groups is 1. The molecule has 1 saturated heterocycles. The fourth-order valence-electron chi connectivity index (χ4n) is 2.08. The van der Waals surface area contributed by atoms with E-state index in [1.54, 1.807) is 0 Å². The van der Waals surface area contributed by atoms with Crippen LogP contribution in [-0.4, -0.2) is 36.8 Å². The molecular weight excluding hydrogens is 204 g/mol. The highest BCUT2D eigenvalue weighted by Crippen LogP contribution is 2.09. The van der Waals surface area contributed by atoms with Crippen LogP contribution in [0.4, 0.5) is 0 Å². The van der Waals surface area contributed by atoms with Gasteiger partial charge in [0.25, 0.3) is 0 Å². The highest BCUT2D eigenvalue weighted by atomic mass is 16.3. The Morgan fingerprint density at radius 3 is 3.06 bits per heavy atom. The van der Waals surface area contributed by atoms with Gasteiger partial charge in [0, 0.05) is 13.2 Å². The molecule has 4 heteroatoms. The van der Waals surface area contributed by atoms with Crippen molar-refractivity contribution in [1.82, 2.24) is 10.6 Å². The molecule has 0 spiro atoms. The van der Waals surface area contributed by atoms with E-state index in [0.29, 0.717) is 5.92 Å². The Morgan fingerprint density at radius 1 is 1.56 bits per heavy atom. The zero-order valence-electron chi connectivity index (χ0n) is 10.2. The average molecular weight is 228 g/mol. The van der Waals surface area contributed by atoms with Gasteiger partial charge in [0.05, 0.1) is 6.04 Å². The van der Waals surface area contributed by atoms with Crippen LogP contribution in [0.25, 0.3) is 0 Å². The summed E-state index contributed by atoms with van der Waals surface area (Å²) in [5, 5.41) is 15.1. The quantitative estimate of drug-likeness (QED) is 0.625. The third-order valence-corrected chi connectivity index (χ3v) is 3.30. The maximum absolute atomic E-state index is 11.7. The van der Waals surface area contributed by atoms with Crippen LogP contribution in [0, 0.1) is 5.92 Å². The van der Waals surface area contributed by atoms with Gasteiger partial charge in [-0.05, 0) is 38.1 Å². The molecule has 0 aliphatic carbocycles. The van der Waals surface area contributed by atoms with Crippen molar-refractivity contribution >= 4 is 5.91 Å². The fourth-order valence-corrected chi connectivity index (χ4v) is 2.08. The molecule has 0 saturated carbocycles. The Hall–Kier alpha value is -0.610. The highest BCUT2D eigenvalue weighted by Gasteiger charge is 2.20. The van der Waals surface area contributed by atoms with Gasteiger partial charge in [-0.25, -0.2) is 0 Å². The lowest BCUT2D eigenvalue weighted by Gasteiger charge is -2.19. The Bertz CT molecular complexity index is 209. The number of rotatable bonds is 6. The molecule has 1 fully saturated rings. The van der Waals surface area contributed by atoms with Crippen LogP contribution >= 0.6 is 0 Å². The predicted octanol–water partition coefficient (Wildman–Crippen LogP) is 0.653. The molecule has 1 amide bonds. The molecule has 3 N–H and O–H groups in total. The minimum atomic E-state index is -0.0322. The van der Waals surface area contributed by atoms with Crippen LogP contribution in [0.1, 0.15) is 39.0 Å². The van der Waals surface area contributed by atoms with Gasteiger partial charge in [0.1, 0.15) is 0 Å². The number of aliphatic hydroxyl groups excluding tert-OH is 1. The van der Waals surface area contributed by atoms with Crippen molar-refractivity contribution in [2.45, 2.75) is 45.1 Å². The van der Waals surface area contributed by atoms with Crippen molar-refractivity contribution < 1.29 is 9.90 Å². The van der Waals surface area contributed by atoms with Crippen molar-refractivity contribution in [2.24, 2.45) is 5.92 Å². The van der Waals surface area contributed by atoms with Gasteiger partial charge in [0.15, 0.2) is 0 Å². The first-order chi connectivity index (χ1) is 7.77. The molecule has 0 aromatic carbocycles. The molecule has 94 valence electrons. The van der Waals surface area contributed by atoms with Gasteiger partial charge < -0.3 is 15.7 Å². The summed E-state index contributed by atoms with van der Waals surface area (Å²) < 4.78 is 0. The molecule has 0 aromatic heterocycles. The zero-order chi connectivity index (χ0) is 11.8. The summed E-state index contributed by atoms with van der Waals surface area (Å²) in [6, 6.07) is -0.0322. The van der Waals surface area contributed by atoms with E-state index in [9.17, 15) is 4.79 Å². The van der Waals surface area contributed by atoms with Gasteiger partial charge in [0.2, 0.25) is 5.91 Å². The lowest BCUT2D eigenvalue weighted by Crippen LogP contribution is -2.44. The molecule has 2 atom stereocenters. The van der Waals surface area contributed by atoms with E-state index in [2.05, 4.69) is 17.6 Å². The Morgan fingerprint density at radius 2 is 2.38 bits per heavy atom. The Balaban J connectivity index is 2.30. The summed E-state index contributed by atoms with van der Waals surface area (Å²) in [6.45, 7) is 3.99. The minimum Gasteiger partial charge on any atom is -0.396 e. The predicted molar refractivity (Wildman–Crippen MR) is 64.1 cm³/mol. The lowest BCUT2D eigenvalue weighted by molar-refractivity contribution is -0.122. The number of hydrogen-bond acceptors (Lipinski definition) is 3. The van der Waals surface area contributed by atoms with Crippen LogP contribution in [0.3, 0.4) is 0 Å². The van der Waals surface area contributed by atoms with Gasteiger partial charge in [-0.1, -0.05) is 13.3 Å². The van der Waals surface area contributed by atoms with Crippen LogP contribution < -0.4 is 10.6 Å². The van der Waals surface area contributed by atoms with Crippen molar-refractivity contribution in [2.75, 3.05) is 19.7 Å². The molecule has 0 bridgehead atoms. The lowest BCUT2D eigenvalue weighted by atomic mass is 10.0. The van der Waals surface area contributed by atoms with E-state index in [1.165, 1.54) is 0 Å². The third-order valence-electron chi connectivity index (χ3n) is 3.30. The highest BCUT2D eigenvalue weighted by molar-refractivity contribution is 5.81. The van der Waals surface area contributed by atoms with E-state index < -0.39 is 0 Å². The second-order valence-corrected chi connectivity index (χ2v) is 4.53. The Kier molecular flexibility index (Phi) is 6.42. The fraction of sp³-hybridized carbons (Fsp3) is 0.917. The second kappa shape index (κ2) is 7.63. The van der Waals surface area contributed by atoms with E-state index in [0.717, 1.165) is 45.2 Å². The molecule has 0 radical (unpaired) electrons.